The Morgan fingerprint density at radius 2 is 1.95 bits per heavy atom. The van der Waals surface area contributed by atoms with Gasteiger partial charge in [0.15, 0.2) is 0 Å². The number of hydrogen-bond donors (Lipinski definition) is 1. The summed E-state index contributed by atoms with van der Waals surface area (Å²) in [5, 5.41) is 3.36. The first-order chi connectivity index (χ1) is 9.29. The van der Waals surface area contributed by atoms with Gasteiger partial charge in [-0.3, -0.25) is 0 Å². The lowest BCUT2D eigenvalue weighted by Crippen LogP contribution is -2.11. The maximum absolute atomic E-state index is 3.60. The smallest absolute Gasteiger partial charge is 0.0243 e. The molecule has 0 amide bonds. The Morgan fingerprint density at radius 3 is 2.74 bits per heavy atom. The van der Waals surface area contributed by atoms with Gasteiger partial charge in [0.2, 0.25) is 0 Å². The minimum atomic E-state index is 0.944. The standard InChI is InChI=1S/C16H18BrNS/c1-2-18-11-13-6-5-8-15(10-13)19-12-14-7-3-4-9-16(14)17/h3-10,18H,2,11-12H2,1H3. The second kappa shape index (κ2) is 7.73. The van der Waals surface area contributed by atoms with Gasteiger partial charge in [-0.25, -0.2) is 0 Å². The Bertz CT molecular complexity index is 528. The third-order valence-corrected chi connectivity index (χ3v) is 4.65. The SMILES string of the molecule is CCNCc1cccc(SCc2ccccc2Br)c1. The monoisotopic (exact) mass is 335 g/mol. The van der Waals surface area contributed by atoms with Gasteiger partial charge in [0.05, 0.1) is 0 Å². The van der Waals surface area contributed by atoms with Crippen molar-refractivity contribution in [3.63, 3.8) is 0 Å². The van der Waals surface area contributed by atoms with Gasteiger partial charge in [-0.05, 0) is 35.9 Å². The van der Waals surface area contributed by atoms with Crippen LogP contribution >= 0.6 is 27.7 Å². The van der Waals surface area contributed by atoms with Crippen molar-refractivity contribution in [2.75, 3.05) is 6.54 Å². The average molecular weight is 336 g/mol. The molecule has 0 aliphatic heterocycles. The van der Waals surface area contributed by atoms with Crippen molar-refractivity contribution < 1.29 is 0 Å². The molecule has 0 bridgehead atoms. The lowest BCUT2D eigenvalue weighted by Gasteiger charge is -2.07. The Balaban J connectivity index is 1.98. The molecule has 0 spiro atoms. The molecule has 2 aromatic carbocycles. The third kappa shape index (κ3) is 4.68. The van der Waals surface area contributed by atoms with Crippen molar-refractivity contribution in [1.82, 2.24) is 5.32 Å². The Hall–Kier alpha value is -0.770. The number of benzene rings is 2. The summed E-state index contributed by atoms with van der Waals surface area (Å²) in [7, 11) is 0. The first-order valence-electron chi connectivity index (χ1n) is 6.45. The highest BCUT2D eigenvalue weighted by molar-refractivity contribution is 9.10. The van der Waals surface area contributed by atoms with Crippen molar-refractivity contribution in [3.8, 4) is 0 Å². The number of hydrogen-bond acceptors (Lipinski definition) is 2. The summed E-state index contributed by atoms with van der Waals surface area (Å²) in [6.07, 6.45) is 0. The van der Waals surface area contributed by atoms with E-state index in [4.69, 9.17) is 0 Å². The van der Waals surface area contributed by atoms with E-state index in [1.165, 1.54) is 20.5 Å². The predicted molar refractivity (Wildman–Crippen MR) is 87.5 cm³/mol. The van der Waals surface area contributed by atoms with Gasteiger partial charge >= 0.3 is 0 Å². The molecule has 0 aliphatic carbocycles. The Morgan fingerprint density at radius 1 is 1.11 bits per heavy atom. The maximum atomic E-state index is 3.60. The van der Waals surface area contributed by atoms with E-state index in [9.17, 15) is 0 Å². The summed E-state index contributed by atoms with van der Waals surface area (Å²) in [6, 6.07) is 17.1. The van der Waals surface area contributed by atoms with Crippen LogP contribution in [0.3, 0.4) is 0 Å². The fraction of sp³-hybridized carbons (Fsp3) is 0.250. The van der Waals surface area contributed by atoms with Crippen molar-refractivity contribution in [3.05, 3.63) is 64.1 Å². The molecule has 0 saturated heterocycles. The lowest BCUT2D eigenvalue weighted by molar-refractivity contribution is 0.725. The van der Waals surface area contributed by atoms with Gasteiger partial charge in [0, 0.05) is 21.7 Å². The summed E-state index contributed by atoms with van der Waals surface area (Å²) in [4.78, 5) is 1.33. The fourth-order valence-corrected chi connectivity index (χ4v) is 3.39. The minimum absolute atomic E-state index is 0.944. The molecule has 0 fully saturated rings. The van der Waals surface area contributed by atoms with E-state index in [2.05, 4.69) is 76.7 Å². The minimum Gasteiger partial charge on any atom is -0.313 e. The highest BCUT2D eigenvalue weighted by atomic mass is 79.9. The van der Waals surface area contributed by atoms with Crippen LogP contribution in [0.15, 0.2) is 57.9 Å². The molecule has 3 heteroatoms. The zero-order chi connectivity index (χ0) is 13.5. The van der Waals surface area contributed by atoms with Crippen molar-refractivity contribution in [1.29, 1.82) is 0 Å². The number of thioether (sulfide) groups is 1. The van der Waals surface area contributed by atoms with Crippen LogP contribution in [-0.2, 0) is 12.3 Å². The van der Waals surface area contributed by atoms with Crippen LogP contribution in [0.1, 0.15) is 18.1 Å². The zero-order valence-electron chi connectivity index (χ0n) is 11.0. The number of halogens is 1. The normalized spacial score (nSPS) is 10.6. The summed E-state index contributed by atoms with van der Waals surface area (Å²) in [6.45, 7) is 4.08. The first-order valence-corrected chi connectivity index (χ1v) is 8.23. The molecule has 0 unspecified atom stereocenters. The summed E-state index contributed by atoms with van der Waals surface area (Å²) >= 11 is 5.47. The summed E-state index contributed by atoms with van der Waals surface area (Å²) < 4.78 is 1.19. The van der Waals surface area contributed by atoms with E-state index < -0.39 is 0 Å². The molecule has 19 heavy (non-hydrogen) atoms. The molecule has 0 atom stereocenters. The van der Waals surface area contributed by atoms with Gasteiger partial charge in [-0.15, -0.1) is 11.8 Å². The highest BCUT2D eigenvalue weighted by Crippen LogP contribution is 2.27. The average Bonchev–Trinajstić information content (AvgIpc) is 2.45. The molecule has 100 valence electrons. The molecule has 2 rings (SSSR count). The number of nitrogens with one attached hydrogen (secondary N) is 1. The molecule has 1 N–H and O–H groups in total. The molecule has 0 radical (unpaired) electrons. The molecule has 0 aliphatic rings. The van der Waals surface area contributed by atoms with E-state index in [0.29, 0.717) is 0 Å². The Labute approximate surface area is 127 Å². The molecule has 0 saturated carbocycles. The zero-order valence-corrected chi connectivity index (χ0v) is 13.4. The molecular weight excluding hydrogens is 318 g/mol. The van der Waals surface area contributed by atoms with Crippen LogP contribution in [0.2, 0.25) is 0 Å². The van der Waals surface area contributed by atoms with Gasteiger partial charge in [0.1, 0.15) is 0 Å². The van der Waals surface area contributed by atoms with Crippen molar-refractivity contribution in [2.45, 2.75) is 24.1 Å². The van der Waals surface area contributed by atoms with Gasteiger partial charge in [0.25, 0.3) is 0 Å². The maximum Gasteiger partial charge on any atom is 0.0243 e. The van der Waals surface area contributed by atoms with Crippen molar-refractivity contribution >= 4 is 27.7 Å². The third-order valence-electron chi connectivity index (χ3n) is 2.83. The van der Waals surface area contributed by atoms with E-state index in [0.717, 1.165) is 18.8 Å². The van der Waals surface area contributed by atoms with Gasteiger partial charge in [-0.1, -0.05) is 53.2 Å². The topological polar surface area (TPSA) is 12.0 Å². The van der Waals surface area contributed by atoms with Crippen LogP contribution in [0.4, 0.5) is 0 Å². The van der Waals surface area contributed by atoms with Crippen LogP contribution < -0.4 is 5.32 Å². The van der Waals surface area contributed by atoms with E-state index in [1.807, 2.05) is 11.8 Å². The molecule has 2 aromatic rings. The second-order valence-corrected chi connectivity index (χ2v) is 6.21. The van der Waals surface area contributed by atoms with E-state index >= 15 is 0 Å². The number of rotatable bonds is 6. The van der Waals surface area contributed by atoms with Crippen LogP contribution in [0.5, 0.6) is 0 Å². The van der Waals surface area contributed by atoms with E-state index in [1.54, 1.807) is 0 Å². The molecule has 1 nitrogen and oxygen atoms in total. The van der Waals surface area contributed by atoms with Crippen LogP contribution in [0.25, 0.3) is 0 Å². The van der Waals surface area contributed by atoms with Gasteiger partial charge < -0.3 is 5.32 Å². The summed E-state index contributed by atoms with van der Waals surface area (Å²) in [5.41, 5.74) is 2.68. The quantitative estimate of drug-likeness (QED) is 0.757. The second-order valence-electron chi connectivity index (χ2n) is 4.31. The molecule has 0 aromatic heterocycles. The van der Waals surface area contributed by atoms with E-state index in [-0.39, 0.29) is 0 Å². The summed E-state index contributed by atoms with van der Waals surface area (Å²) in [5.74, 6) is 0.992. The largest absolute Gasteiger partial charge is 0.313 e. The first kappa shape index (κ1) is 14.6. The predicted octanol–water partition coefficient (Wildman–Crippen LogP) is 4.85. The van der Waals surface area contributed by atoms with Crippen LogP contribution in [-0.4, -0.2) is 6.54 Å². The van der Waals surface area contributed by atoms with Gasteiger partial charge in [-0.2, -0.15) is 0 Å². The molecule has 0 heterocycles. The Kier molecular flexibility index (Phi) is 5.95. The highest BCUT2D eigenvalue weighted by Gasteiger charge is 2.01. The van der Waals surface area contributed by atoms with Crippen LogP contribution in [0, 0.1) is 0 Å². The lowest BCUT2D eigenvalue weighted by atomic mass is 10.2. The fourth-order valence-electron chi connectivity index (χ4n) is 1.79. The molecular formula is C16H18BrNS. The van der Waals surface area contributed by atoms with Crippen molar-refractivity contribution in [2.24, 2.45) is 0 Å².